The van der Waals surface area contributed by atoms with E-state index in [-0.39, 0.29) is 5.92 Å². The van der Waals surface area contributed by atoms with Crippen molar-refractivity contribution in [1.82, 2.24) is 0 Å². The summed E-state index contributed by atoms with van der Waals surface area (Å²) in [7, 11) is 0. The van der Waals surface area contributed by atoms with Crippen LogP contribution in [0.3, 0.4) is 0 Å². The number of rotatable bonds is 3. The number of carbonyl (C=O) groups is 1. The molecule has 0 heterocycles. The Morgan fingerprint density at radius 3 is 2.35 bits per heavy atom. The summed E-state index contributed by atoms with van der Waals surface area (Å²) >= 11 is 0. The summed E-state index contributed by atoms with van der Waals surface area (Å²) in [6.07, 6.45) is 7.91. The molecule has 2 aliphatic rings. The number of nitrogen functional groups attached to an aromatic ring is 1. The number of benzene rings is 1. The number of hydrogen-bond acceptors (Lipinski definition) is 2. The Balaban J connectivity index is 0.000000595. The maximum Gasteiger partial charge on any atom is 0.133 e. The van der Waals surface area contributed by atoms with Crippen molar-refractivity contribution in [1.29, 1.82) is 0 Å². The van der Waals surface area contributed by atoms with E-state index in [1.54, 1.807) is 6.92 Å². The Morgan fingerprint density at radius 1 is 1.22 bits per heavy atom. The van der Waals surface area contributed by atoms with Gasteiger partial charge in [-0.2, -0.15) is 0 Å². The van der Waals surface area contributed by atoms with Crippen LogP contribution in [0.2, 0.25) is 0 Å². The lowest BCUT2D eigenvalue weighted by Crippen LogP contribution is -2.10. The average Bonchev–Trinajstić information content (AvgIpc) is 3.24. The first-order chi connectivity index (χ1) is 10.9. The highest BCUT2D eigenvalue weighted by molar-refractivity contribution is 5.81. The summed E-state index contributed by atoms with van der Waals surface area (Å²) in [4.78, 5) is 11.6. The van der Waals surface area contributed by atoms with Crippen LogP contribution < -0.4 is 5.73 Å². The standard InChI is InChI=1S/C18H23NO.C3H8/c1-10(13-4-5-13)6-17-11(2)16-8-14(12(3)20)7-15(16)9-18(17)19;1-3-2/h6,9,13-14H,4-5,7-8,19H2,1-3H3;3H2,1-2H3/b10-6+;. The van der Waals surface area contributed by atoms with Crippen molar-refractivity contribution >= 4 is 17.5 Å². The zero-order chi connectivity index (χ0) is 17.1. The molecule has 1 fully saturated rings. The van der Waals surface area contributed by atoms with Crippen LogP contribution in [0.5, 0.6) is 0 Å². The second-order valence-electron chi connectivity index (χ2n) is 7.23. The first kappa shape index (κ1) is 17.8. The van der Waals surface area contributed by atoms with Gasteiger partial charge in [-0.05, 0) is 75.1 Å². The summed E-state index contributed by atoms with van der Waals surface area (Å²) in [5.41, 5.74) is 13.7. The van der Waals surface area contributed by atoms with Crippen molar-refractivity contribution in [2.45, 2.75) is 66.7 Å². The van der Waals surface area contributed by atoms with Crippen LogP contribution in [0.1, 0.15) is 69.2 Å². The molecule has 1 aromatic rings. The van der Waals surface area contributed by atoms with Gasteiger partial charge in [0.15, 0.2) is 0 Å². The lowest BCUT2D eigenvalue weighted by atomic mass is 9.95. The van der Waals surface area contributed by atoms with Gasteiger partial charge in [0.1, 0.15) is 5.78 Å². The number of anilines is 1. The quantitative estimate of drug-likeness (QED) is 0.788. The molecule has 0 spiro atoms. The van der Waals surface area contributed by atoms with Crippen molar-refractivity contribution in [2.75, 3.05) is 5.73 Å². The van der Waals surface area contributed by atoms with Gasteiger partial charge < -0.3 is 5.73 Å². The van der Waals surface area contributed by atoms with Crippen molar-refractivity contribution in [3.05, 3.63) is 33.9 Å². The number of allylic oxidation sites excluding steroid dienone is 1. The zero-order valence-electron chi connectivity index (χ0n) is 15.3. The molecule has 3 rings (SSSR count). The third kappa shape index (κ3) is 4.04. The minimum absolute atomic E-state index is 0.159. The number of carbonyl (C=O) groups excluding carboxylic acids is 1. The Kier molecular flexibility index (Phi) is 5.67. The molecular weight excluding hydrogens is 282 g/mol. The molecule has 1 aromatic carbocycles. The van der Waals surface area contributed by atoms with Gasteiger partial charge in [-0.25, -0.2) is 0 Å². The van der Waals surface area contributed by atoms with Crippen molar-refractivity contribution in [3.8, 4) is 0 Å². The summed E-state index contributed by atoms with van der Waals surface area (Å²) in [5.74, 6) is 1.23. The third-order valence-electron chi connectivity index (χ3n) is 4.97. The predicted octanol–water partition coefficient (Wildman–Crippen LogP) is 5.11. The van der Waals surface area contributed by atoms with Crippen LogP contribution in [0.15, 0.2) is 11.6 Å². The van der Waals surface area contributed by atoms with Crippen LogP contribution in [-0.2, 0) is 17.6 Å². The maximum absolute atomic E-state index is 11.6. The van der Waals surface area contributed by atoms with Crippen molar-refractivity contribution in [3.63, 3.8) is 0 Å². The van der Waals surface area contributed by atoms with E-state index in [9.17, 15) is 4.79 Å². The normalized spacial score (nSPS) is 19.9. The highest BCUT2D eigenvalue weighted by Crippen LogP contribution is 2.40. The van der Waals surface area contributed by atoms with Crippen molar-refractivity contribution < 1.29 is 4.79 Å². The van der Waals surface area contributed by atoms with Gasteiger partial charge in [0.05, 0.1) is 0 Å². The predicted molar refractivity (Wildman–Crippen MR) is 99.5 cm³/mol. The first-order valence-electron chi connectivity index (χ1n) is 8.98. The fraction of sp³-hybridized carbons (Fsp3) is 0.571. The van der Waals surface area contributed by atoms with Gasteiger partial charge in [-0.3, -0.25) is 4.79 Å². The topological polar surface area (TPSA) is 43.1 Å². The van der Waals surface area contributed by atoms with Gasteiger partial charge >= 0.3 is 0 Å². The molecule has 23 heavy (non-hydrogen) atoms. The van der Waals surface area contributed by atoms with Crippen molar-refractivity contribution in [2.24, 2.45) is 11.8 Å². The largest absolute Gasteiger partial charge is 0.398 e. The molecule has 0 aliphatic heterocycles. The SMILES string of the molecule is CC(=O)C1Cc2cc(N)c(/C=C(\C)C3CC3)c(C)c2C1.CCC. The van der Waals surface area contributed by atoms with E-state index in [0.29, 0.717) is 5.78 Å². The number of ketones is 1. The molecule has 0 bridgehead atoms. The molecule has 0 amide bonds. The lowest BCUT2D eigenvalue weighted by Gasteiger charge is -2.12. The van der Waals surface area contributed by atoms with E-state index in [0.717, 1.165) is 24.4 Å². The Bertz CT molecular complexity index is 623. The van der Waals surface area contributed by atoms with E-state index < -0.39 is 0 Å². The summed E-state index contributed by atoms with van der Waals surface area (Å²) < 4.78 is 0. The van der Waals surface area contributed by atoms with Crippen LogP contribution in [0, 0.1) is 18.8 Å². The molecule has 0 radical (unpaired) electrons. The van der Waals surface area contributed by atoms with Gasteiger partial charge in [-0.15, -0.1) is 0 Å². The average molecular weight is 313 g/mol. The van der Waals surface area contributed by atoms with Gasteiger partial charge in [0, 0.05) is 17.2 Å². The number of Topliss-reactive ketones (excluding diaryl/α,β-unsaturated/α-hetero) is 1. The number of nitrogens with two attached hydrogens (primary N) is 1. The number of fused-ring (bicyclic) bond motifs is 1. The van der Waals surface area contributed by atoms with E-state index >= 15 is 0 Å². The zero-order valence-corrected chi connectivity index (χ0v) is 15.3. The Morgan fingerprint density at radius 2 is 1.83 bits per heavy atom. The molecule has 2 heteroatoms. The fourth-order valence-corrected chi connectivity index (χ4v) is 3.39. The van der Waals surface area contributed by atoms with Gasteiger partial charge in [0.25, 0.3) is 0 Å². The third-order valence-corrected chi connectivity index (χ3v) is 4.97. The van der Waals surface area contributed by atoms with E-state index in [2.05, 4.69) is 39.8 Å². The molecule has 126 valence electrons. The summed E-state index contributed by atoms with van der Waals surface area (Å²) in [5, 5.41) is 0. The first-order valence-corrected chi connectivity index (χ1v) is 8.98. The Hall–Kier alpha value is -1.57. The second-order valence-corrected chi connectivity index (χ2v) is 7.23. The van der Waals surface area contributed by atoms with Gasteiger partial charge in [-0.1, -0.05) is 31.9 Å². The van der Waals surface area contributed by atoms with E-state index in [1.165, 1.54) is 47.1 Å². The molecule has 0 saturated heterocycles. The highest BCUT2D eigenvalue weighted by Gasteiger charge is 2.28. The monoisotopic (exact) mass is 313 g/mol. The Labute approximate surface area is 141 Å². The minimum Gasteiger partial charge on any atom is -0.398 e. The number of hydrogen-bond donors (Lipinski definition) is 1. The minimum atomic E-state index is 0.159. The molecule has 1 saturated carbocycles. The molecule has 0 aromatic heterocycles. The second kappa shape index (κ2) is 7.33. The van der Waals surface area contributed by atoms with E-state index in [4.69, 9.17) is 5.73 Å². The molecular formula is C21H31NO. The van der Waals surface area contributed by atoms with Crippen LogP contribution in [-0.4, -0.2) is 5.78 Å². The summed E-state index contributed by atoms with van der Waals surface area (Å²) in [6.45, 7) is 10.3. The molecule has 2 aliphatic carbocycles. The summed E-state index contributed by atoms with van der Waals surface area (Å²) in [6, 6.07) is 2.09. The van der Waals surface area contributed by atoms with Crippen LogP contribution in [0.4, 0.5) is 5.69 Å². The highest BCUT2D eigenvalue weighted by atomic mass is 16.1. The fourth-order valence-electron chi connectivity index (χ4n) is 3.39. The van der Waals surface area contributed by atoms with Crippen LogP contribution >= 0.6 is 0 Å². The smallest absolute Gasteiger partial charge is 0.133 e. The van der Waals surface area contributed by atoms with Crippen LogP contribution in [0.25, 0.3) is 6.08 Å². The molecule has 1 atom stereocenters. The maximum atomic E-state index is 11.6. The molecule has 2 N–H and O–H groups in total. The van der Waals surface area contributed by atoms with Gasteiger partial charge in [0.2, 0.25) is 0 Å². The lowest BCUT2D eigenvalue weighted by molar-refractivity contribution is -0.120. The molecule has 2 nitrogen and oxygen atoms in total. The van der Waals surface area contributed by atoms with E-state index in [1.807, 2.05) is 0 Å². The molecule has 1 unspecified atom stereocenters.